The topological polar surface area (TPSA) is 73.8 Å². The van der Waals surface area contributed by atoms with Crippen LogP contribution < -0.4 is 4.90 Å². The first-order valence-corrected chi connectivity index (χ1v) is 9.52. The van der Waals surface area contributed by atoms with Gasteiger partial charge in [-0.2, -0.15) is 0 Å². The van der Waals surface area contributed by atoms with Gasteiger partial charge < -0.3 is 14.7 Å². The largest absolute Gasteiger partial charge is 0.342 e. The van der Waals surface area contributed by atoms with Crippen LogP contribution in [0.5, 0.6) is 0 Å². The molecule has 2 aromatic rings. The number of amides is 3. The maximum atomic E-state index is 13.1. The van der Waals surface area contributed by atoms with Gasteiger partial charge in [0.2, 0.25) is 6.41 Å². The number of benzene rings is 1. The molecule has 3 heterocycles. The second kappa shape index (κ2) is 7.80. The van der Waals surface area contributed by atoms with Gasteiger partial charge in [-0.05, 0) is 36.6 Å². The molecule has 1 fully saturated rings. The average molecular weight is 378 g/mol. The molecule has 0 atom stereocenters. The number of nitrogens with zero attached hydrogens (tertiary/aromatic N) is 4. The fourth-order valence-electron chi connectivity index (χ4n) is 3.78. The normalized spacial score (nSPS) is 16.5. The third kappa shape index (κ3) is 3.47. The molecule has 0 bridgehead atoms. The lowest BCUT2D eigenvalue weighted by Crippen LogP contribution is -2.48. The summed E-state index contributed by atoms with van der Waals surface area (Å²) >= 11 is 0. The Morgan fingerprint density at radius 1 is 0.964 bits per heavy atom. The fraction of sp³-hybridized carbons (Fsp3) is 0.333. The molecule has 2 aliphatic heterocycles. The predicted molar refractivity (Wildman–Crippen MR) is 104 cm³/mol. The number of carbonyl (C=O) groups is 3. The zero-order valence-corrected chi connectivity index (χ0v) is 15.6. The van der Waals surface area contributed by atoms with Crippen molar-refractivity contribution in [1.82, 2.24) is 14.8 Å². The minimum Gasteiger partial charge on any atom is -0.342 e. The summed E-state index contributed by atoms with van der Waals surface area (Å²) in [5, 5.41) is 0. The summed E-state index contributed by atoms with van der Waals surface area (Å²) in [4.78, 5) is 46.1. The number of rotatable bonds is 3. The molecule has 0 radical (unpaired) electrons. The highest BCUT2D eigenvalue weighted by Gasteiger charge is 2.26. The summed E-state index contributed by atoms with van der Waals surface area (Å²) in [6.45, 7) is 2.67. The van der Waals surface area contributed by atoms with E-state index < -0.39 is 0 Å². The van der Waals surface area contributed by atoms with Gasteiger partial charge in [-0.3, -0.25) is 19.4 Å². The van der Waals surface area contributed by atoms with E-state index in [1.165, 1.54) is 6.20 Å². The van der Waals surface area contributed by atoms with Gasteiger partial charge in [0, 0.05) is 50.2 Å². The van der Waals surface area contributed by atoms with Crippen molar-refractivity contribution in [2.24, 2.45) is 0 Å². The molecule has 3 amide bonds. The fourth-order valence-corrected chi connectivity index (χ4v) is 3.78. The number of para-hydroxylation sites is 1. The van der Waals surface area contributed by atoms with E-state index >= 15 is 0 Å². The van der Waals surface area contributed by atoms with Crippen LogP contribution in [0.4, 0.5) is 5.69 Å². The van der Waals surface area contributed by atoms with E-state index in [1.54, 1.807) is 26.8 Å². The smallest absolute Gasteiger partial charge is 0.276 e. The first-order valence-electron chi connectivity index (χ1n) is 9.52. The summed E-state index contributed by atoms with van der Waals surface area (Å²) in [6, 6.07) is 11.1. The lowest BCUT2D eigenvalue weighted by molar-refractivity contribution is -0.119. The van der Waals surface area contributed by atoms with Crippen LogP contribution in [0.3, 0.4) is 0 Å². The van der Waals surface area contributed by atoms with Crippen molar-refractivity contribution in [3.8, 4) is 0 Å². The van der Waals surface area contributed by atoms with Gasteiger partial charge in [-0.25, -0.2) is 0 Å². The molecule has 144 valence electrons. The lowest BCUT2D eigenvalue weighted by atomic mass is 10.0. The van der Waals surface area contributed by atoms with Crippen LogP contribution >= 0.6 is 0 Å². The van der Waals surface area contributed by atoms with E-state index in [9.17, 15) is 14.4 Å². The van der Waals surface area contributed by atoms with Crippen molar-refractivity contribution in [2.75, 3.05) is 37.6 Å². The monoisotopic (exact) mass is 378 g/mol. The van der Waals surface area contributed by atoms with E-state index in [-0.39, 0.29) is 17.5 Å². The number of hydrogen-bond acceptors (Lipinski definition) is 4. The van der Waals surface area contributed by atoms with E-state index in [0.717, 1.165) is 30.5 Å². The predicted octanol–water partition coefficient (Wildman–Crippen LogP) is 1.59. The van der Waals surface area contributed by atoms with Crippen molar-refractivity contribution in [1.29, 1.82) is 0 Å². The highest BCUT2D eigenvalue weighted by atomic mass is 16.2. The Hall–Kier alpha value is -3.22. The highest BCUT2D eigenvalue weighted by molar-refractivity contribution is 6.07. The number of anilines is 1. The van der Waals surface area contributed by atoms with Crippen molar-refractivity contribution in [3.05, 3.63) is 59.4 Å². The van der Waals surface area contributed by atoms with Crippen LogP contribution in [-0.4, -0.2) is 65.7 Å². The van der Waals surface area contributed by atoms with Crippen molar-refractivity contribution in [2.45, 2.75) is 12.8 Å². The van der Waals surface area contributed by atoms with Gasteiger partial charge in [0.05, 0.1) is 0 Å². The molecular weight excluding hydrogens is 356 g/mol. The van der Waals surface area contributed by atoms with Gasteiger partial charge in [0.15, 0.2) is 0 Å². The molecule has 1 saturated heterocycles. The van der Waals surface area contributed by atoms with Crippen LogP contribution in [0.1, 0.15) is 32.8 Å². The minimum absolute atomic E-state index is 0.138. The van der Waals surface area contributed by atoms with E-state index in [2.05, 4.69) is 4.98 Å². The summed E-state index contributed by atoms with van der Waals surface area (Å²) in [7, 11) is 0. The minimum atomic E-state index is -0.187. The van der Waals surface area contributed by atoms with Crippen molar-refractivity contribution in [3.63, 3.8) is 0 Å². The van der Waals surface area contributed by atoms with E-state index in [4.69, 9.17) is 0 Å². The SMILES string of the molecule is O=CN1CCN(C(=O)c2ccnc(C(=O)N3CCCc4ccccc43)c2)CC1. The standard InChI is InChI=1S/C21H22N4O3/c26-15-23-10-12-24(13-11-23)20(27)17-7-8-22-18(14-17)21(28)25-9-3-5-16-4-1-2-6-19(16)25/h1-2,4,6-8,14-15H,3,5,9-13H2. The molecule has 7 nitrogen and oxygen atoms in total. The second-order valence-electron chi connectivity index (χ2n) is 7.05. The molecule has 7 heteroatoms. The van der Waals surface area contributed by atoms with Crippen molar-refractivity contribution < 1.29 is 14.4 Å². The quantitative estimate of drug-likeness (QED) is 0.761. The Morgan fingerprint density at radius 2 is 1.75 bits per heavy atom. The average Bonchev–Trinajstić information content (AvgIpc) is 2.78. The van der Waals surface area contributed by atoms with Gasteiger partial charge in [-0.1, -0.05) is 18.2 Å². The van der Waals surface area contributed by atoms with Crippen LogP contribution in [0, 0.1) is 0 Å². The van der Waals surface area contributed by atoms with E-state index in [1.807, 2.05) is 24.3 Å². The van der Waals surface area contributed by atoms with Crippen LogP contribution in [0.15, 0.2) is 42.6 Å². The number of aryl methyl sites for hydroxylation is 1. The third-order valence-corrected chi connectivity index (χ3v) is 5.33. The number of pyridine rings is 1. The summed E-state index contributed by atoms with van der Waals surface area (Å²) in [5.74, 6) is -0.325. The summed E-state index contributed by atoms with van der Waals surface area (Å²) in [6.07, 6.45) is 4.18. The summed E-state index contributed by atoms with van der Waals surface area (Å²) in [5.41, 5.74) is 2.79. The zero-order valence-electron chi connectivity index (χ0n) is 15.6. The molecule has 0 spiro atoms. The number of hydrogen-bond donors (Lipinski definition) is 0. The zero-order chi connectivity index (χ0) is 19.5. The molecule has 0 unspecified atom stereocenters. The maximum absolute atomic E-state index is 13.1. The Labute approximate surface area is 163 Å². The van der Waals surface area contributed by atoms with Gasteiger partial charge >= 0.3 is 0 Å². The van der Waals surface area contributed by atoms with Crippen molar-refractivity contribution >= 4 is 23.9 Å². The number of aromatic nitrogens is 1. The number of carbonyl (C=O) groups excluding carboxylic acids is 3. The maximum Gasteiger partial charge on any atom is 0.276 e. The molecular formula is C21H22N4O3. The number of fused-ring (bicyclic) bond motifs is 1. The Balaban J connectivity index is 1.54. The number of piperazine rings is 1. The Bertz CT molecular complexity index is 906. The molecule has 2 aliphatic rings. The molecule has 1 aromatic heterocycles. The van der Waals surface area contributed by atoms with Crippen LogP contribution in [0.2, 0.25) is 0 Å². The first kappa shape index (κ1) is 18.2. The second-order valence-corrected chi connectivity index (χ2v) is 7.05. The van der Waals surface area contributed by atoms with Gasteiger partial charge in [0.1, 0.15) is 5.69 Å². The van der Waals surface area contributed by atoms with Gasteiger partial charge in [-0.15, -0.1) is 0 Å². The lowest BCUT2D eigenvalue weighted by Gasteiger charge is -2.32. The van der Waals surface area contributed by atoms with Crippen LogP contribution in [-0.2, 0) is 11.2 Å². The molecule has 1 aromatic carbocycles. The van der Waals surface area contributed by atoms with Crippen LogP contribution in [0.25, 0.3) is 0 Å². The molecule has 0 aliphatic carbocycles. The highest BCUT2D eigenvalue weighted by Crippen LogP contribution is 2.28. The molecule has 0 N–H and O–H groups in total. The molecule has 0 saturated carbocycles. The molecule has 4 rings (SSSR count). The first-order chi connectivity index (χ1) is 13.7. The summed E-state index contributed by atoms with van der Waals surface area (Å²) < 4.78 is 0. The Kier molecular flexibility index (Phi) is 5.06. The molecule has 28 heavy (non-hydrogen) atoms. The van der Waals surface area contributed by atoms with E-state index in [0.29, 0.717) is 38.3 Å². The Morgan fingerprint density at radius 3 is 2.54 bits per heavy atom. The third-order valence-electron chi connectivity index (χ3n) is 5.33. The van der Waals surface area contributed by atoms with Gasteiger partial charge in [0.25, 0.3) is 11.8 Å².